The lowest BCUT2D eigenvalue weighted by molar-refractivity contribution is -0.118. The minimum absolute atomic E-state index is 0.0131. The molecule has 1 fully saturated rings. The summed E-state index contributed by atoms with van der Waals surface area (Å²) in [7, 11) is 0. The van der Waals surface area contributed by atoms with Gasteiger partial charge in [0.2, 0.25) is 11.8 Å². The zero-order valence-electron chi connectivity index (χ0n) is 11.2. The number of carbonyl (C=O) groups excluding carboxylic acids is 2. The predicted molar refractivity (Wildman–Crippen MR) is 80.8 cm³/mol. The minimum atomic E-state index is -0.146. The molecule has 1 aromatic rings. The van der Waals surface area contributed by atoms with Gasteiger partial charge in [-0.3, -0.25) is 9.59 Å². The molecule has 0 unspecified atom stereocenters. The van der Waals surface area contributed by atoms with Crippen LogP contribution < -0.4 is 10.6 Å². The highest BCUT2D eigenvalue weighted by Crippen LogP contribution is 2.27. The van der Waals surface area contributed by atoms with Gasteiger partial charge in [-0.15, -0.1) is 11.8 Å². The van der Waals surface area contributed by atoms with Crippen LogP contribution in [0.3, 0.4) is 0 Å². The summed E-state index contributed by atoms with van der Waals surface area (Å²) in [5, 5.41) is 5.76. The predicted octanol–water partition coefficient (Wildman–Crippen LogP) is 1.95. The molecule has 0 aromatic heterocycles. The van der Waals surface area contributed by atoms with Gasteiger partial charge in [0.05, 0.1) is 11.0 Å². The molecule has 1 saturated carbocycles. The summed E-state index contributed by atoms with van der Waals surface area (Å²) >= 11 is 1.44. The number of fused-ring (bicyclic) bond motifs is 1. The Bertz CT molecular complexity index is 528. The molecule has 2 N–H and O–H groups in total. The van der Waals surface area contributed by atoms with Gasteiger partial charge in [0.15, 0.2) is 0 Å². The van der Waals surface area contributed by atoms with E-state index in [1.807, 2.05) is 24.3 Å². The SMILES string of the molecule is O=C(CS[C@H]1CCc2ccccc2NC1=O)NC1CC1. The quantitative estimate of drug-likeness (QED) is 0.891. The molecular weight excluding hydrogens is 272 g/mol. The maximum atomic E-state index is 12.2. The van der Waals surface area contributed by atoms with Crippen molar-refractivity contribution in [2.75, 3.05) is 11.1 Å². The van der Waals surface area contributed by atoms with Crippen LogP contribution in [0.1, 0.15) is 24.8 Å². The zero-order chi connectivity index (χ0) is 13.9. The van der Waals surface area contributed by atoms with Gasteiger partial charge in [-0.2, -0.15) is 0 Å². The Balaban J connectivity index is 1.55. The molecule has 5 heteroatoms. The van der Waals surface area contributed by atoms with E-state index >= 15 is 0 Å². The highest BCUT2D eigenvalue weighted by atomic mass is 32.2. The summed E-state index contributed by atoms with van der Waals surface area (Å²) in [6.07, 6.45) is 3.84. The van der Waals surface area contributed by atoms with Crippen molar-refractivity contribution >= 4 is 29.3 Å². The number of amides is 2. The lowest BCUT2D eigenvalue weighted by Crippen LogP contribution is -2.30. The van der Waals surface area contributed by atoms with Crippen LogP contribution in [0.5, 0.6) is 0 Å². The molecule has 106 valence electrons. The van der Waals surface area contributed by atoms with E-state index in [1.54, 1.807) is 0 Å². The number of hydrogen-bond acceptors (Lipinski definition) is 3. The third-order valence-corrected chi connectivity index (χ3v) is 4.88. The van der Waals surface area contributed by atoms with Crippen molar-refractivity contribution in [3.05, 3.63) is 29.8 Å². The topological polar surface area (TPSA) is 58.2 Å². The smallest absolute Gasteiger partial charge is 0.237 e. The van der Waals surface area contributed by atoms with Crippen LogP contribution in [0.2, 0.25) is 0 Å². The van der Waals surface area contributed by atoms with Crippen molar-refractivity contribution in [2.24, 2.45) is 0 Å². The summed E-state index contributed by atoms with van der Waals surface area (Å²) in [6.45, 7) is 0. The summed E-state index contributed by atoms with van der Waals surface area (Å²) in [5.41, 5.74) is 2.08. The Morgan fingerprint density at radius 2 is 2.10 bits per heavy atom. The van der Waals surface area contributed by atoms with Gasteiger partial charge in [-0.05, 0) is 37.3 Å². The number of carbonyl (C=O) groups is 2. The number of nitrogens with one attached hydrogen (secondary N) is 2. The van der Waals surface area contributed by atoms with E-state index in [2.05, 4.69) is 10.6 Å². The second kappa shape index (κ2) is 5.87. The van der Waals surface area contributed by atoms with Gasteiger partial charge in [0.1, 0.15) is 0 Å². The van der Waals surface area contributed by atoms with Crippen LogP contribution in [0, 0.1) is 0 Å². The summed E-state index contributed by atoms with van der Waals surface area (Å²) in [4.78, 5) is 23.8. The van der Waals surface area contributed by atoms with Crippen molar-refractivity contribution in [2.45, 2.75) is 37.0 Å². The molecule has 1 atom stereocenters. The van der Waals surface area contributed by atoms with Crippen LogP contribution in [-0.2, 0) is 16.0 Å². The fraction of sp³-hybridized carbons (Fsp3) is 0.467. The molecule has 0 bridgehead atoms. The van der Waals surface area contributed by atoms with Crippen LogP contribution in [0.4, 0.5) is 5.69 Å². The van der Waals surface area contributed by atoms with Crippen molar-refractivity contribution in [3.8, 4) is 0 Å². The van der Waals surface area contributed by atoms with Gasteiger partial charge in [0.25, 0.3) is 0 Å². The van der Waals surface area contributed by atoms with Crippen LogP contribution >= 0.6 is 11.8 Å². The summed E-state index contributed by atoms with van der Waals surface area (Å²) < 4.78 is 0. The molecule has 0 saturated heterocycles. The second-order valence-corrected chi connectivity index (χ2v) is 6.52. The fourth-order valence-corrected chi connectivity index (χ4v) is 3.25. The van der Waals surface area contributed by atoms with Gasteiger partial charge < -0.3 is 10.6 Å². The molecule has 1 aromatic carbocycles. The molecule has 1 aliphatic carbocycles. The van der Waals surface area contributed by atoms with Gasteiger partial charge in [-0.25, -0.2) is 0 Å². The maximum Gasteiger partial charge on any atom is 0.237 e. The summed E-state index contributed by atoms with van der Waals surface area (Å²) in [5.74, 6) is 0.427. The second-order valence-electron chi connectivity index (χ2n) is 5.33. The standard InChI is InChI=1S/C15H18N2O2S/c18-14(16-11-6-7-11)9-20-13-8-5-10-3-1-2-4-12(10)17-15(13)19/h1-4,11,13H,5-9H2,(H,16,18)(H,17,19)/t13-/m0/s1. The Morgan fingerprint density at radius 3 is 2.90 bits per heavy atom. The Hall–Kier alpha value is -1.49. The molecule has 2 amide bonds. The molecule has 2 aliphatic rings. The van der Waals surface area contributed by atoms with E-state index in [4.69, 9.17) is 0 Å². The van der Waals surface area contributed by atoms with Crippen LogP contribution in [0.15, 0.2) is 24.3 Å². The average Bonchev–Trinajstić information content (AvgIpc) is 3.24. The van der Waals surface area contributed by atoms with Crippen LogP contribution in [-0.4, -0.2) is 28.9 Å². The highest BCUT2D eigenvalue weighted by Gasteiger charge is 2.26. The lowest BCUT2D eigenvalue weighted by Gasteiger charge is -2.12. The molecule has 4 nitrogen and oxygen atoms in total. The molecular formula is C15H18N2O2S. The molecule has 3 rings (SSSR count). The van der Waals surface area contributed by atoms with Crippen LogP contribution in [0.25, 0.3) is 0 Å². The Morgan fingerprint density at radius 1 is 1.30 bits per heavy atom. The first-order valence-corrected chi connectivity index (χ1v) is 8.07. The third kappa shape index (κ3) is 3.33. The third-order valence-electron chi connectivity index (χ3n) is 3.60. The number of para-hydroxylation sites is 1. The number of anilines is 1. The monoisotopic (exact) mass is 290 g/mol. The number of hydrogen-bond donors (Lipinski definition) is 2. The van der Waals surface area contributed by atoms with Gasteiger partial charge in [-0.1, -0.05) is 18.2 Å². The fourth-order valence-electron chi connectivity index (χ4n) is 2.32. The van der Waals surface area contributed by atoms with E-state index in [-0.39, 0.29) is 17.1 Å². The maximum absolute atomic E-state index is 12.2. The molecule has 0 spiro atoms. The molecule has 1 heterocycles. The van der Waals surface area contributed by atoms with E-state index in [9.17, 15) is 9.59 Å². The first-order valence-electron chi connectivity index (χ1n) is 7.02. The Kier molecular flexibility index (Phi) is 3.96. The van der Waals surface area contributed by atoms with E-state index in [0.29, 0.717) is 11.8 Å². The number of aryl methyl sites for hydroxylation is 1. The number of rotatable bonds is 4. The Labute approximate surface area is 122 Å². The number of thioether (sulfide) groups is 1. The van der Waals surface area contributed by atoms with Gasteiger partial charge >= 0.3 is 0 Å². The zero-order valence-corrected chi connectivity index (χ0v) is 12.0. The first-order chi connectivity index (χ1) is 9.72. The number of benzene rings is 1. The van der Waals surface area contributed by atoms with E-state index in [0.717, 1.165) is 31.4 Å². The molecule has 0 radical (unpaired) electrons. The van der Waals surface area contributed by atoms with Gasteiger partial charge in [0, 0.05) is 11.7 Å². The highest BCUT2D eigenvalue weighted by molar-refractivity contribution is 8.01. The van der Waals surface area contributed by atoms with Crippen molar-refractivity contribution in [1.82, 2.24) is 5.32 Å². The van der Waals surface area contributed by atoms with Crippen molar-refractivity contribution in [3.63, 3.8) is 0 Å². The lowest BCUT2D eigenvalue weighted by atomic mass is 10.1. The van der Waals surface area contributed by atoms with Crippen molar-refractivity contribution < 1.29 is 9.59 Å². The molecule has 20 heavy (non-hydrogen) atoms. The molecule has 1 aliphatic heterocycles. The average molecular weight is 290 g/mol. The largest absolute Gasteiger partial charge is 0.353 e. The minimum Gasteiger partial charge on any atom is -0.353 e. The summed E-state index contributed by atoms with van der Waals surface area (Å²) in [6, 6.07) is 8.27. The van der Waals surface area contributed by atoms with E-state index in [1.165, 1.54) is 17.3 Å². The van der Waals surface area contributed by atoms with E-state index < -0.39 is 0 Å². The first kappa shape index (κ1) is 13.5. The van der Waals surface area contributed by atoms with Crippen molar-refractivity contribution in [1.29, 1.82) is 0 Å². The normalized spacial score (nSPS) is 21.6.